The fraction of sp³-hybridized carbons (Fsp3) is 0.133. The number of aromatic hydroxyl groups is 1. The highest BCUT2D eigenvalue weighted by atomic mass is 35.5. The number of benzene rings is 1. The number of hydrogen-bond donors (Lipinski definition) is 4. The molecule has 2 rings (SSSR count). The van der Waals surface area contributed by atoms with Gasteiger partial charge in [0.2, 0.25) is 10.0 Å². The zero-order valence-corrected chi connectivity index (χ0v) is 15.0. The van der Waals surface area contributed by atoms with E-state index in [2.05, 4.69) is 15.5 Å². The summed E-state index contributed by atoms with van der Waals surface area (Å²) < 4.78 is 22.9. The number of nitrogens with zero attached hydrogens (tertiary/aromatic N) is 2. The van der Waals surface area contributed by atoms with E-state index in [1.807, 2.05) is 0 Å². The van der Waals surface area contributed by atoms with Gasteiger partial charge in [-0.15, -0.1) is 0 Å². The Kier molecular flexibility index (Phi) is 5.93. The topological polar surface area (TPSA) is 155 Å². The molecule has 0 aliphatic rings. The molecular formula is C15H15ClN4O5S. The molecule has 0 aliphatic carbocycles. The second-order valence-corrected chi connectivity index (χ2v) is 7.12. The van der Waals surface area contributed by atoms with E-state index in [4.69, 9.17) is 16.7 Å². The second-order valence-electron chi connectivity index (χ2n) is 5.18. The molecule has 2 aromatic rings. The highest BCUT2D eigenvalue weighted by Gasteiger charge is 2.16. The maximum atomic E-state index is 12.1. The van der Waals surface area contributed by atoms with Crippen LogP contribution in [0, 0.1) is 6.92 Å². The number of halogens is 1. The van der Waals surface area contributed by atoms with Gasteiger partial charge in [0.15, 0.2) is 0 Å². The van der Waals surface area contributed by atoms with Crippen molar-refractivity contribution in [2.45, 2.75) is 18.4 Å². The fourth-order valence-corrected chi connectivity index (χ4v) is 3.08. The van der Waals surface area contributed by atoms with Gasteiger partial charge in [-0.3, -0.25) is 9.78 Å². The Balaban J connectivity index is 2.25. The van der Waals surface area contributed by atoms with Crippen LogP contribution >= 0.6 is 11.6 Å². The number of aromatic nitrogens is 1. The molecule has 1 amide bonds. The van der Waals surface area contributed by atoms with Crippen molar-refractivity contribution in [3.63, 3.8) is 0 Å². The van der Waals surface area contributed by atoms with Crippen LogP contribution in [0.5, 0.6) is 5.75 Å². The minimum absolute atomic E-state index is 0.0342. The van der Waals surface area contributed by atoms with Gasteiger partial charge in [0, 0.05) is 22.9 Å². The fourth-order valence-electron chi connectivity index (χ4n) is 2.01. The highest BCUT2D eigenvalue weighted by Crippen LogP contribution is 2.22. The molecule has 1 heterocycles. The van der Waals surface area contributed by atoms with Crippen LogP contribution in [0.2, 0.25) is 5.02 Å². The van der Waals surface area contributed by atoms with Crippen LogP contribution in [0.4, 0.5) is 0 Å². The van der Waals surface area contributed by atoms with Crippen LogP contribution in [0.25, 0.3) is 0 Å². The molecule has 0 bridgehead atoms. The van der Waals surface area contributed by atoms with Crippen molar-refractivity contribution in [1.29, 1.82) is 0 Å². The van der Waals surface area contributed by atoms with E-state index in [9.17, 15) is 23.4 Å². The van der Waals surface area contributed by atoms with Crippen molar-refractivity contribution in [3.8, 4) is 5.75 Å². The Morgan fingerprint density at radius 1 is 1.46 bits per heavy atom. The third-order valence-electron chi connectivity index (χ3n) is 3.39. The minimum atomic E-state index is -4.09. The molecule has 0 atom stereocenters. The van der Waals surface area contributed by atoms with Gasteiger partial charge in [-0.1, -0.05) is 11.6 Å². The molecule has 0 saturated carbocycles. The quantitative estimate of drug-likeness (QED) is 0.428. The lowest BCUT2D eigenvalue weighted by molar-refractivity contribution is 0.0955. The van der Waals surface area contributed by atoms with Crippen molar-refractivity contribution >= 4 is 33.7 Å². The first-order chi connectivity index (χ1) is 12.1. The lowest BCUT2D eigenvalue weighted by Crippen LogP contribution is -2.19. The third-order valence-corrected chi connectivity index (χ3v) is 4.78. The van der Waals surface area contributed by atoms with E-state index < -0.39 is 15.9 Å². The Hall–Kier alpha value is -2.53. The van der Waals surface area contributed by atoms with Gasteiger partial charge >= 0.3 is 0 Å². The first-order valence-corrected chi connectivity index (χ1v) is 9.01. The number of primary sulfonamides is 1. The van der Waals surface area contributed by atoms with Crippen LogP contribution in [0.3, 0.4) is 0 Å². The zero-order valence-electron chi connectivity index (χ0n) is 13.5. The van der Waals surface area contributed by atoms with E-state index in [0.717, 1.165) is 12.3 Å². The molecule has 138 valence electrons. The number of hydrazone groups is 1. The zero-order chi connectivity index (χ0) is 19.5. The van der Waals surface area contributed by atoms with E-state index in [0.29, 0.717) is 11.3 Å². The van der Waals surface area contributed by atoms with E-state index in [1.165, 1.54) is 18.3 Å². The number of rotatable bonds is 5. The monoisotopic (exact) mass is 398 g/mol. The molecule has 5 N–H and O–H groups in total. The summed E-state index contributed by atoms with van der Waals surface area (Å²) >= 11 is 5.76. The number of carbonyl (C=O) groups is 1. The number of amides is 1. The molecule has 1 aromatic heterocycles. The Morgan fingerprint density at radius 2 is 2.15 bits per heavy atom. The molecule has 0 aliphatic heterocycles. The number of aliphatic hydroxyl groups is 1. The molecular weight excluding hydrogens is 384 g/mol. The van der Waals surface area contributed by atoms with Gasteiger partial charge in [-0.05, 0) is 25.1 Å². The maximum Gasteiger partial charge on any atom is 0.271 e. The predicted molar refractivity (Wildman–Crippen MR) is 94.4 cm³/mol. The molecule has 11 heteroatoms. The van der Waals surface area contributed by atoms with Crippen LogP contribution < -0.4 is 10.6 Å². The summed E-state index contributed by atoms with van der Waals surface area (Å²) in [6, 6.07) is 3.55. The van der Waals surface area contributed by atoms with E-state index >= 15 is 0 Å². The van der Waals surface area contributed by atoms with Gasteiger partial charge in [0.1, 0.15) is 10.6 Å². The number of aliphatic hydroxyl groups excluding tert-OH is 1. The van der Waals surface area contributed by atoms with Crippen LogP contribution in [-0.4, -0.2) is 35.7 Å². The third kappa shape index (κ3) is 4.35. The van der Waals surface area contributed by atoms with Gasteiger partial charge < -0.3 is 10.2 Å². The number of pyridine rings is 1. The van der Waals surface area contributed by atoms with Gasteiger partial charge in [-0.25, -0.2) is 19.0 Å². The average molecular weight is 399 g/mol. The van der Waals surface area contributed by atoms with Crippen LogP contribution in [0.1, 0.15) is 27.2 Å². The second kappa shape index (κ2) is 7.79. The molecule has 26 heavy (non-hydrogen) atoms. The van der Waals surface area contributed by atoms with Gasteiger partial charge in [-0.2, -0.15) is 5.10 Å². The lowest BCUT2D eigenvalue weighted by Gasteiger charge is -2.07. The Morgan fingerprint density at radius 3 is 2.77 bits per heavy atom. The lowest BCUT2D eigenvalue weighted by atomic mass is 10.1. The number of carbonyl (C=O) groups excluding carboxylic acids is 1. The summed E-state index contributed by atoms with van der Waals surface area (Å²) in [4.78, 5) is 15.6. The number of sulfonamides is 1. The molecule has 0 unspecified atom stereocenters. The molecule has 9 nitrogen and oxygen atoms in total. The summed E-state index contributed by atoms with van der Waals surface area (Å²) in [6.45, 7) is 1.18. The summed E-state index contributed by atoms with van der Waals surface area (Å²) in [5.41, 5.74) is 2.98. The molecule has 0 saturated heterocycles. The van der Waals surface area contributed by atoms with Crippen LogP contribution in [0.15, 0.2) is 34.4 Å². The van der Waals surface area contributed by atoms with Crippen molar-refractivity contribution in [1.82, 2.24) is 10.4 Å². The molecule has 1 aromatic carbocycles. The van der Waals surface area contributed by atoms with E-state index in [1.54, 1.807) is 6.92 Å². The minimum Gasteiger partial charge on any atom is -0.505 e. The summed E-state index contributed by atoms with van der Waals surface area (Å²) in [6.07, 6.45) is 2.51. The summed E-state index contributed by atoms with van der Waals surface area (Å²) in [7, 11) is -4.09. The summed E-state index contributed by atoms with van der Waals surface area (Å²) in [5.74, 6) is -0.906. The molecule has 0 fully saturated rings. The standard InChI is InChI=1S/C15H15ClN4O5S/c1-8-14(22)11(10(7-21)5-18-8)6-19-20-15(23)9-2-3-12(16)13(4-9)26(17,24)25/h2-6,21-22H,7H2,1H3,(H,20,23)(H2,17,24,25)/b19-6+. The Bertz CT molecular complexity index is 992. The van der Waals surface area contributed by atoms with Crippen molar-refractivity contribution < 1.29 is 23.4 Å². The van der Waals surface area contributed by atoms with Crippen LogP contribution in [-0.2, 0) is 16.6 Å². The molecule has 0 radical (unpaired) electrons. The largest absolute Gasteiger partial charge is 0.505 e. The van der Waals surface area contributed by atoms with Crippen molar-refractivity contribution in [2.75, 3.05) is 0 Å². The number of nitrogens with two attached hydrogens (primary N) is 1. The van der Waals surface area contributed by atoms with Gasteiger partial charge in [0.25, 0.3) is 5.91 Å². The maximum absolute atomic E-state index is 12.1. The van der Waals surface area contributed by atoms with E-state index in [-0.39, 0.29) is 33.4 Å². The first-order valence-electron chi connectivity index (χ1n) is 7.09. The molecule has 0 spiro atoms. The first kappa shape index (κ1) is 19.8. The van der Waals surface area contributed by atoms with Gasteiger partial charge in [0.05, 0.1) is 23.5 Å². The smallest absolute Gasteiger partial charge is 0.271 e. The normalized spacial score (nSPS) is 11.7. The van der Waals surface area contributed by atoms with Crippen molar-refractivity contribution in [2.24, 2.45) is 10.2 Å². The van der Waals surface area contributed by atoms with Crippen molar-refractivity contribution in [3.05, 3.63) is 51.8 Å². The number of aryl methyl sites for hydroxylation is 1. The number of hydrogen-bond acceptors (Lipinski definition) is 7. The SMILES string of the molecule is Cc1ncc(CO)c(/C=N/NC(=O)c2ccc(Cl)c(S(N)(=O)=O)c2)c1O. The average Bonchev–Trinajstić information content (AvgIpc) is 2.58. The number of nitrogens with one attached hydrogen (secondary N) is 1. The summed E-state index contributed by atoms with van der Waals surface area (Å²) in [5, 5.41) is 27.9. The Labute approximate surface area is 154 Å². The predicted octanol–water partition coefficient (Wildman–Crippen LogP) is 0.653. The highest BCUT2D eigenvalue weighted by molar-refractivity contribution is 7.89.